The second-order valence-electron chi connectivity index (χ2n) is 8.39. The molecule has 6 nitrogen and oxygen atoms in total. The van der Waals surface area contributed by atoms with Crippen LogP contribution in [0.5, 0.6) is 0 Å². The van der Waals surface area contributed by atoms with Gasteiger partial charge >= 0.3 is 0 Å². The fourth-order valence-corrected chi connectivity index (χ4v) is 6.31. The molecule has 0 spiro atoms. The highest BCUT2D eigenvalue weighted by atomic mass is 32.1. The number of nitrogens with zero attached hydrogens (tertiary/aromatic N) is 2. The van der Waals surface area contributed by atoms with Crippen LogP contribution in [0, 0.1) is 5.92 Å². The molecule has 1 amide bonds. The summed E-state index contributed by atoms with van der Waals surface area (Å²) in [5, 5.41) is 6.64. The second-order valence-corrected chi connectivity index (χ2v) is 9.41. The predicted molar refractivity (Wildman–Crippen MR) is 107 cm³/mol. The SMILES string of the molecule is NC(=O)c1sc(-c2cn[nH]c2)c2c1N(CC[C@@H]1OC3CCC1CC3)CC(F)(F)C2. The number of anilines is 1. The summed E-state index contributed by atoms with van der Waals surface area (Å²) in [5.41, 5.74) is 7.40. The number of ether oxygens (including phenoxy) is 1. The van der Waals surface area contributed by atoms with E-state index in [1.54, 1.807) is 17.3 Å². The average molecular weight is 423 g/mol. The Kier molecular flexibility index (Phi) is 4.62. The minimum atomic E-state index is -2.87. The molecule has 0 unspecified atom stereocenters. The zero-order valence-corrected chi connectivity index (χ0v) is 16.8. The van der Waals surface area contributed by atoms with E-state index in [2.05, 4.69) is 10.2 Å². The van der Waals surface area contributed by atoms with Gasteiger partial charge in [-0.1, -0.05) is 0 Å². The summed E-state index contributed by atoms with van der Waals surface area (Å²) < 4.78 is 35.5. The van der Waals surface area contributed by atoms with Gasteiger partial charge in [-0.3, -0.25) is 9.89 Å². The molecule has 4 aliphatic rings. The predicted octanol–water partition coefficient (Wildman–Crippen LogP) is 3.58. The zero-order valence-electron chi connectivity index (χ0n) is 16.0. The lowest BCUT2D eigenvalue weighted by Gasteiger charge is -2.44. The van der Waals surface area contributed by atoms with E-state index in [0.29, 0.717) is 51.6 Å². The third kappa shape index (κ3) is 3.44. The third-order valence-corrected chi connectivity index (χ3v) is 7.72. The number of halogens is 2. The minimum Gasteiger partial charge on any atom is -0.375 e. The van der Waals surface area contributed by atoms with Crippen LogP contribution in [-0.2, 0) is 11.2 Å². The first-order valence-electron chi connectivity index (χ1n) is 10.1. The quantitative estimate of drug-likeness (QED) is 0.771. The summed E-state index contributed by atoms with van der Waals surface area (Å²) in [6, 6.07) is 0. The summed E-state index contributed by atoms with van der Waals surface area (Å²) in [5.74, 6) is -2.93. The Morgan fingerprint density at radius 1 is 1.38 bits per heavy atom. The molecule has 2 aromatic heterocycles. The summed E-state index contributed by atoms with van der Waals surface area (Å²) in [7, 11) is 0. The molecule has 9 heteroatoms. The van der Waals surface area contributed by atoms with Crippen LogP contribution in [0.4, 0.5) is 14.5 Å². The van der Waals surface area contributed by atoms with Gasteiger partial charge in [-0.05, 0) is 38.0 Å². The summed E-state index contributed by atoms with van der Waals surface area (Å²) >= 11 is 1.18. The maximum Gasteiger partial charge on any atom is 0.269 e. The first-order valence-corrected chi connectivity index (χ1v) is 11.0. The molecule has 5 heterocycles. The molecular weight excluding hydrogens is 398 g/mol. The highest BCUT2D eigenvalue weighted by Gasteiger charge is 2.43. The Balaban J connectivity index is 1.47. The Labute approximate surface area is 171 Å². The van der Waals surface area contributed by atoms with Crippen molar-refractivity contribution >= 4 is 22.9 Å². The topological polar surface area (TPSA) is 84.2 Å². The summed E-state index contributed by atoms with van der Waals surface area (Å²) in [6.45, 7) is 0.0287. The van der Waals surface area contributed by atoms with E-state index in [1.165, 1.54) is 11.3 Å². The van der Waals surface area contributed by atoms with Crippen LogP contribution in [0.25, 0.3) is 10.4 Å². The molecule has 2 aromatic rings. The largest absolute Gasteiger partial charge is 0.375 e. The van der Waals surface area contributed by atoms with Gasteiger partial charge in [-0.2, -0.15) is 5.10 Å². The Morgan fingerprint density at radius 2 is 2.17 bits per heavy atom. The number of aromatic nitrogens is 2. The van der Waals surface area contributed by atoms with E-state index in [0.717, 1.165) is 25.7 Å². The standard InChI is InChI=1S/C20H24F2N4O2S/c21-20(22)7-14-16(18(19(23)27)29-17(14)12-8-24-25-9-12)26(10-20)6-5-15-11-1-3-13(28-15)4-2-11/h8-9,11,13,15H,1-7,10H2,(H2,23,27)(H,24,25)/t11?,13?,15-/m0/s1. The molecule has 0 radical (unpaired) electrons. The molecule has 1 saturated carbocycles. The van der Waals surface area contributed by atoms with Crippen molar-refractivity contribution in [2.24, 2.45) is 11.7 Å². The number of aromatic amines is 1. The van der Waals surface area contributed by atoms with Gasteiger partial charge in [0.2, 0.25) is 0 Å². The number of alkyl halides is 2. The Hall–Kier alpha value is -2.00. The van der Waals surface area contributed by atoms with Crippen molar-refractivity contribution in [3.63, 3.8) is 0 Å². The van der Waals surface area contributed by atoms with Gasteiger partial charge in [0.1, 0.15) is 4.88 Å². The fourth-order valence-electron chi connectivity index (χ4n) is 5.14. The monoisotopic (exact) mass is 422 g/mol. The Bertz CT molecular complexity index is 906. The van der Waals surface area contributed by atoms with Crippen molar-refractivity contribution in [2.45, 2.75) is 56.7 Å². The molecule has 3 N–H and O–H groups in total. The van der Waals surface area contributed by atoms with E-state index in [-0.39, 0.29) is 6.10 Å². The highest BCUT2D eigenvalue weighted by molar-refractivity contribution is 7.18. The van der Waals surface area contributed by atoms with Crippen molar-refractivity contribution < 1.29 is 18.3 Å². The van der Waals surface area contributed by atoms with Crippen LogP contribution in [0.1, 0.15) is 47.3 Å². The van der Waals surface area contributed by atoms with Crippen LogP contribution < -0.4 is 10.6 Å². The maximum atomic E-state index is 14.7. The molecule has 3 aliphatic heterocycles. The number of primary amides is 1. The molecule has 3 fully saturated rings. The van der Waals surface area contributed by atoms with Crippen LogP contribution in [-0.4, -0.2) is 47.3 Å². The molecule has 6 rings (SSSR count). The van der Waals surface area contributed by atoms with Crippen molar-refractivity contribution in [3.05, 3.63) is 22.8 Å². The van der Waals surface area contributed by atoms with E-state index in [1.807, 2.05) is 0 Å². The molecule has 2 saturated heterocycles. The lowest BCUT2D eigenvalue weighted by atomic mass is 9.79. The highest BCUT2D eigenvalue weighted by Crippen LogP contribution is 2.48. The number of H-pyrrole nitrogens is 1. The summed E-state index contributed by atoms with van der Waals surface area (Å²) in [4.78, 5) is 14.8. The molecule has 29 heavy (non-hydrogen) atoms. The van der Waals surface area contributed by atoms with E-state index < -0.39 is 24.8 Å². The molecular formula is C20H24F2N4O2S. The number of hydrogen-bond acceptors (Lipinski definition) is 5. The van der Waals surface area contributed by atoms with Crippen molar-refractivity contribution in [1.29, 1.82) is 0 Å². The maximum absolute atomic E-state index is 14.7. The molecule has 1 aliphatic carbocycles. The number of thiophene rings is 1. The van der Waals surface area contributed by atoms with Crippen LogP contribution in [0.2, 0.25) is 0 Å². The first-order chi connectivity index (χ1) is 13.9. The number of carbonyl (C=O) groups excluding carboxylic acids is 1. The fraction of sp³-hybridized carbons (Fsp3) is 0.600. The molecule has 156 valence electrons. The lowest BCUT2D eigenvalue weighted by Crippen LogP contribution is -2.47. The van der Waals surface area contributed by atoms with Gasteiger partial charge in [0.25, 0.3) is 11.8 Å². The summed E-state index contributed by atoms with van der Waals surface area (Å²) in [6.07, 6.45) is 8.50. The van der Waals surface area contributed by atoms with Gasteiger partial charge in [0, 0.05) is 35.2 Å². The second kappa shape index (κ2) is 7.05. The van der Waals surface area contributed by atoms with Crippen LogP contribution in [0.3, 0.4) is 0 Å². The van der Waals surface area contributed by atoms with Crippen molar-refractivity contribution in [2.75, 3.05) is 18.0 Å². The van der Waals surface area contributed by atoms with Gasteiger partial charge in [-0.15, -0.1) is 11.3 Å². The first kappa shape index (κ1) is 19.0. The number of carbonyl (C=O) groups is 1. The van der Waals surface area contributed by atoms with Gasteiger partial charge in [-0.25, -0.2) is 8.78 Å². The van der Waals surface area contributed by atoms with E-state index in [4.69, 9.17) is 10.5 Å². The number of fused-ring (bicyclic) bond motifs is 4. The zero-order chi connectivity index (χ0) is 20.2. The number of hydrogen-bond donors (Lipinski definition) is 2. The number of amides is 1. The van der Waals surface area contributed by atoms with Crippen molar-refractivity contribution in [1.82, 2.24) is 10.2 Å². The minimum absolute atomic E-state index is 0.116. The number of nitrogens with one attached hydrogen (secondary N) is 1. The lowest BCUT2D eigenvalue weighted by molar-refractivity contribution is -0.126. The molecule has 0 aromatic carbocycles. The number of rotatable bonds is 5. The van der Waals surface area contributed by atoms with E-state index in [9.17, 15) is 13.6 Å². The van der Waals surface area contributed by atoms with E-state index >= 15 is 0 Å². The Morgan fingerprint density at radius 3 is 2.79 bits per heavy atom. The molecule has 2 bridgehead atoms. The number of nitrogens with two attached hydrogens (primary N) is 1. The van der Waals surface area contributed by atoms with Crippen LogP contribution in [0.15, 0.2) is 12.4 Å². The van der Waals surface area contributed by atoms with Crippen molar-refractivity contribution in [3.8, 4) is 10.4 Å². The van der Waals surface area contributed by atoms with Gasteiger partial charge < -0.3 is 15.4 Å². The molecule has 1 atom stereocenters. The average Bonchev–Trinajstić information content (AvgIpc) is 3.34. The van der Waals surface area contributed by atoms with Gasteiger partial charge in [0.05, 0.1) is 30.6 Å². The van der Waals surface area contributed by atoms with Crippen LogP contribution >= 0.6 is 11.3 Å². The third-order valence-electron chi connectivity index (χ3n) is 6.43. The van der Waals surface area contributed by atoms with Gasteiger partial charge in [0.15, 0.2) is 0 Å². The normalized spacial score (nSPS) is 27.8. The smallest absolute Gasteiger partial charge is 0.269 e.